The standard InChI is InChI=1S/C16H15N3O3S2/c17-12-13-3-5-14(6-4-13)24(21,22)19-9-7-18(8-10-19)16(20)15-2-1-11-23-15/h1-6,11H,7-10H2. The van der Waals surface area contributed by atoms with Crippen LogP contribution in [-0.2, 0) is 10.0 Å². The van der Waals surface area contributed by atoms with Crippen LogP contribution in [0.25, 0.3) is 0 Å². The molecule has 6 nitrogen and oxygen atoms in total. The van der Waals surface area contributed by atoms with E-state index < -0.39 is 10.0 Å². The second-order valence-corrected chi connectivity index (χ2v) is 8.20. The molecule has 2 aromatic rings. The Morgan fingerprint density at radius 2 is 1.75 bits per heavy atom. The quantitative estimate of drug-likeness (QED) is 0.834. The van der Waals surface area contributed by atoms with Gasteiger partial charge in [-0.05, 0) is 35.7 Å². The first-order valence-corrected chi connectivity index (χ1v) is 9.67. The van der Waals surface area contributed by atoms with E-state index in [9.17, 15) is 13.2 Å². The van der Waals surface area contributed by atoms with E-state index in [4.69, 9.17) is 5.26 Å². The molecule has 0 aliphatic carbocycles. The summed E-state index contributed by atoms with van der Waals surface area (Å²) in [7, 11) is -3.60. The van der Waals surface area contributed by atoms with Gasteiger partial charge >= 0.3 is 0 Å². The van der Waals surface area contributed by atoms with Gasteiger partial charge in [-0.3, -0.25) is 4.79 Å². The van der Waals surface area contributed by atoms with Crippen LogP contribution in [0.3, 0.4) is 0 Å². The number of carbonyl (C=O) groups excluding carboxylic acids is 1. The van der Waals surface area contributed by atoms with Gasteiger partial charge in [0.25, 0.3) is 5.91 Å². The van der Waals surface area contributed by atoms with Crippen molar-refractivity contribution in [3.8, 4) is 6.07 Å². The minimum Gasteiger partial charge on any atom is -0.335 e. The van der Waals surface area contributed by atoms with Crippen molar-refractivity contribution in [2.24, 2.45) is 0 Å². The van der Waals surface area contributed by atoms with Crippen LogP contribution in [-0.4, -0.2) is 49.7 Å². The molecule has 0 spiro atoms. The van der Waals surface area contributed by atoms with Gasteiger partial charge in [0.2, 0.25) is 10.0 Å². The number of hydrogen-bond donors (Lipinski definition) is 0. The number of thiophene rings is 1. The maximum atomic E-state index is 12.6. The first-order valence-electron chi connectivity index (χ1n) is 7.35. The molecule has 0 unspecified atom stereocenters. The van der Waals surface area contributed by atoms with E-state index in [1.165, 1.54) is 39.9 Å². The first kappa shape index (κ1) is 16.6. The predicted molar refractivity (Wildman–Crippen MR) is 90.1 cm³/mol. The zero-order valence-electron chi connectivity index (χ0n) is 12.8. The topological polar surface area (TPSA) is 81.5 Å². The number of rotatable bonds is 3. The molecule has 1 aliphatic rings. The Balaban J connectivity index is 1.69. The number of piperazine rings is 1. The highest BCUT2D eigenvalue weighted by Gasteiger charge is 2.30. The maximum Gasteiger partial charge on any atom is 0.264 e. The molecule has 1 aromatic carbocycles. The SMILES string of the molecule is N#Cc1ccc(S(=O)(=O)N2CCN(C(=O)c3cccs3)CC2)cc1. The molecule has 1 saturated heterocycles. The summed E-state index contributed by atoms with van der Waals surface area (Å²) in [6.07, 6.45) is 0. The molecular weight excluding hydrogens is 346 g/mol. The van der Waals surface area contributed by atoms with Gasteiger partial charge in [0.1, 0.15) is 0 Å². The van der Waals surface area contributed by atoms with Gasteiger partial charge < -0.3 is 4.90 Å². The fourth-order valence-corrected chi connectivity index (χ4v) is 4.65. The van der Waals surface area contributed by atoms with Crippen molar-refractivity contribution in [1.29, 1.82) is 5.26 Å². The lowest BCUT2D eigenvalue weighted by molar-refractivity contribution is 0.0703. The third-order valence-electron chi connectivity index (χ3n) is 3.88. The van der Waals surface area contributed by atoms with E-state index in [1.807, 2.05) is 17.5 Å². The number of nitrogens with zero attached hydrogens (tertiary/aromatic N) is 3. The number of amides is 1. The Morgan fingerprint density at radius 1 is 1.08 bits per heavy atom. The third-order valence-corrected chi connectivity index (χ3v) is 6.65. The van der Waals surface area contributed by atoms with Crippen LogP contribution in [0.4, 0.5) is 0 Å². The lowest BCUT2D eigenvalue weighted by Gasteiger charge is -2.33. The monoisotopic (exact) mass is 361 g/mol. The molecule has 2 heterocycles. The van der Waals surface area contributed by atoms with Crippen LogP contribution in [0, 0.1) is 11.3 Å². The Bertz CT molecular complexity index is 860. The fourth-order valence-electron chi connectivity index (χ4n) is 2.54. The van der Waals surface area contributed by atoms with Crippen molar-refractivity contribution in [3.05, 3.63) is 52.2 Å². The lowest BCUT2D eigenvalue weighted by Crippen LogP contribution is -2.50. The maximum absolute atomic E-state index is 12.6. The van der Waals surface area contributed by atoms with Crippen LogP contribution in [0.2, 0.25) is 0 Å². The average Bonchev–Trinajstić information content (AvgIpc) is 3.16. The van der Waals surface area contributed by atoms with Crippen LogP contribution in [0.5, 0.6) is 0 Å². The zero-order valence-corrected chi connectivity index (χ0v) is 14.4. The Hall–Kier alpha value is -2.21. The Kier molecular flexibility index (Phi) is 4.66. The van der Waals surface area contributed by atoms with Gasteiger partial charge in [-0.25, -0.2) is 8.42 Å². The zero-order chi connectivity index (χ0) is 17.2. The third kappa shape index (κ3) is 3.19. The van der Waals surface area contributed by atoms with Crippen molar-refractivity contribution in [2.45, 2.75) is 4.90 Å². The highest BCUT2D eigenvalue weighted by Crippen LogP contribution is 2.20. The molecule has 124 valence electrons. The summed E-state index contributed by atoms with van der Waals surface area (Å²) >= 11 is 1.38. The smallest absolute Gasteiger partial charge is 0.264 e. The van der Waals surface area contributed by atoms with Crippen molar-refractivity contribution < 1.29 is 13.2 Å². The molecule has 1 aliphatic heterocycles. The summed E-state index contributed by atoms with van der Waals surface area (Å²) in [6, 6.07) is 11.4. The van der Waals surface area contributed by atoms with Gasteiger partial charge in [0.05, 0.1) is 21.4 Å². The summed E-state index contributed by atoms with van der Waals surface area (Å²) < 4.78 is 26.6. The molecule has 0 bridgehead atoms. The second kappa shape index (κ2) is 6.73. The van der Waals surface area contributed by atoms with Crippen molar-refractivity contribution in [2.75, 3.05) is 26.2 Å². The predicted octanol–water partition coefficient (Wildman–Crippen LogP) is 1.77. The summed E-state index contributed by atoms with van der Waals surface area (Å²) in [4.78, 5) is 14.8. The van der Waals surface area contributed by atoms with Crippen LogP contribution in [0.1, 0.15) is 15.2 Å². The van der Waals surface area contributed by atoms with Gasteiger partial charge in [-0.2, -0.15) is 9.57 Å². The van der Waals surface area contributed by atoms with E-state index in [-0.39, 0.29) is 23.9 Å². The molecule has 8 heteroatoms. The van der Waals surface area contributed by atoms with Crippen LogP contribution in [0.15, 0.2) is 46.7 Å². The largest absolute Gasteiger partial charge is 0.335 e. The minimum absolute atomic E-state index is 0.0552. The highest BCUT2D eigenvalue weighted by molar-refractivity contribution is 7.89. The Morgan fingerprint density at radius 3 is 2.29 bits per heavy atom. The fraction of sp³-hybridized carbons (Fsp3) is 0.250. The molecule has 0 saturated carbocycles. The molecule has 3 rings (SSSR count). The summed E-state index contributed by atoms with van der Waals surface area (Å²) in [6.45, 7) is 1.26. The van der Waals surface area contributed by atoms with Crippen molar-refractivity contribution >= 4 is 27.3 Å². The van der Waals surface area contributed by atoms with Crippen LogP contribution < -0.4 is 0 Å². The van der Waals surface area contributed by atoms with Gasteiger partial charge in [-0.15, -0.1) is 11.3 Å². The van der Waals surface area contributed by atoms with Crippen molar-refractivity contribution in [3.63, 3.8) is 0 Å². The average molecular weight is 361 g/mol. The van der Waals surface area contributed by atoms with Crippen molar-refractivity contribution in [1.82, 2.24) is 9.21 Å². The normalized spacial score (nSPS) is 15.9. The van der Waals surface area contributed by atoms with Gasteiger partial charge in [0, 0.05) is 26.2 Å². The number of carbonyl (C=O) groups is 1. The van der Waals surface area contributed by atoms with E-state index in [1.54, 1.807) is 11.0 Å². The van der Waals surface area contributed by atoms with E-state index in [0.29, 0.717) is 23.5 Å². The summed E-state index contributed by atoms with van der Waals surface area (Å²) in [5, 5.41) is 10.6. The molecule has 1 fully saturated rings. The number of sulfonamides is 1. The molecular formula is C16H15N3O3S2. The molecule has 0 radical (unpaired) electrons. The first-order chi connectivity index (χ1) is 11.5. The highest BCUT2D eigenvalue weighted by atomic mass is 32.2. The molecule has 0 atom stereocenters. The van der Waals surface area contributed by atoms with E-state index in [0.717, 1.165) is 0 Å². The molecule has 0 N–H and O–H groups in total. The molecule has 24 heavy (non-hydrogen) atoms. The molecule has 1 amide bonds. The molecule has 1 aromatic heterocycles. The van der Waals surface area contributed by atoms with E-state index in [2.05, 4.69) is 0 Å². The summed E-state index contributed by atoms with van der Waals surface area (Å²) in [5.41, 5.74) is 0.417. The Labute approximate surface area is 144 Å². The lowest BCUT2D eigenvalue weighted by atomic mass is 10.2. The summed E-state index contributed by atoms with van der Waals surface area (Å²) in [5.74, 6) is -0.0552. The number of nitriles is 1. The van der Waals surface area contributed by atoms with Gasteiger partial charge in [-0.1, -0.05) is 6.07 Å². The van der Waals surface area contributed by atoms with E-state index >= 15 is 0 Å². The minimum atomic E-state index is -3.60. The number of hydrogen-bond acceptors (Lipinski definition) is 5. The second-order valence-electron chi connectivity index (χ2n) is 5.31. The number of benzene rings is 1. The van der Waals surface area contributed by atoms with Gasteiger partial charge in [0.15, 0.2) is 0 Å². The van der Waals surface area contributed by atoms with Crippen LogP contribution >= 0.6 is 11.3 Å².